The highest BCUT2D eigenvalue weighted by Gasteiger charge is 2.11. The Morgan fingerprint density at radius 2 is 2.12 bits per heavy atom. The summed E-state index contributed by atoms with van der Waals surface area (Å²) in [6, 6.07) is 9.89. The lowest BCUT2D eigenvalue weighted by molar-refractivity contribution is -0.118. The lowest BCUT2D eigenvalue weighted by Gasteiger charge is -2.14. The molecule has 0 fully saturated rings. The average Bonchev–Trinajstić information content (AvgIpc) is 2.38. The summed E-state index contributed by atoms with van der Waals surface area (Å²) in [7, 11) is 1.58. The van der Waals surface area contributed by atoms with E-state index in [-0.39, 0.29) is 11.9 Å². The number of hydrogen-bond acceptors (Lipinski definition) is 3. The van der Waals surface area contributed by atoms with Crippen LogP contribution in [0.2, 0.25) is 0 Å². The Bertz CT molecular complexity index is 346. The van der Waals surface area contributed by atoms with E-state index in [0.717, 1.165) is 5.56 Å². The molecule has 0 aromatic heterocycles. The number of benzene rings is 1. The number of carbonyl (C=O) groups excluding carboxylic acids is 1. The minimum Gasteiger partial charge on any atom is -0.379 e. The van der Waals surface area contributed by atoms with E-state index in [4.69, 9.17) is 9.47 Å². The second-order valence-electron chi connectivity index (χ2n) is 3.73. The van der Waals surface area contributed by atoms with Gasteiger partial charge in [-0.15, -0.1) is 0 Å². The minimum atomic E-state index is -0.204. The average molecular weight is 234 g/mol. The van der Waals surface area contributed by atoms with Crippen molar-refractivity contribution in [3.63, 3.8) is 0 Å². The zero-order valence-corrected chi connectivity index (χ0v) is 10.1. The van der Waals surface area contributed by atoms with Crippen LogP contribution in [0.15, 0.2) is 43.0 Å². The number of carbonyl (C=O) groups is 1. The number of ketones is 1. The Labute approximate surface area is 102 Å². The van der Waals surface area contributed by atoms with Gasteiger partial charge in [0, 0.05) is 13.5 Å². The van der Waals surface area contributed by atoms with Gasteiger partial charge in [0.05, 0.1) is 19.3 Å². The molecular formula is C14H18O3. The van der Waals surface area contributed by atoms with E-state index < -0.39 is 0 Å². The van der Waals surface area contributed by atoms with Crippen molar-refractivity contribution in [1.29, 1.82) is 0 Å². The second-order valence-corrected chi connectivity index (χ2v) is 3.73. The fraction of sp³-hybridized carbons (Fsp3) is 0.357. The van der Waals surface area contributed by atoms with Gasteiger partial charge in [0.15, 0.2) is 5.78 Å². The molecule has 0 aliphatic heterocycles. The molecule has 3 heteroatoms. The molecule has 0 aliphatic carbocycles. The van der Waals surface area contributed by atoms with Gasteiger partial charge in [0.1, 0.15) is 0 Å². The molecule has 1 atom stereocenters. The van der Waals surface area contributed by atoms with Gasteiger partial charge in [0.2, 0.25) is 0 Å². The molecule has 0 aliphatic rings. The highest BCUT2D eigenvalue weighted by molar-refractivity contribution is 5.89. The third-order valence-corrected chi connectivity index (χ3v) is 2.41. The van der Waals surface area contributed by atoms with Crippen molar-refractivity contribution in [3.8, 4) is 0 Å². The van der Waals surface area contributed by atoms with E-state index in [2.05, 4.69) is 6.58 Å². The molecule has 0 saturated carbocycles. The van der Waals surface area contributed by atoms with Gasteiger partial charge in [0.25, 0.3) is 0 Å². The van der Waals surface area contributed by atoms with Crippen molar-refractivity contribution < 1.29 is 14.3 Å². The number of methoxy groups -OCH3 is 1. The number of allylic oxidation sites excluding steroid dienone is 1. The summed E-state index contributed by atoms with van der Waals surface area (Å²) in [4.78, 5) is 11.2. The molecule has 1 aromatic carbocycles. The highest BCUT2D eigenvalue weighted by Crippen LogP contribution is 2.04. The van der Waals surface area contributed by atoms with Crippen LogP contribution < -0.4 is 0 Å². The first-order valence-electron chi connectivity index (χ1n) is 5.56. The van der Waals surface area contributed by atoms with E-state index in [0.29, 0.717) is 19.6 Å². The van der Waals surface area contributed by atoms with Crippen molar-refractivity contribution in [2.75, 3.05) is 13.7 Å². The Morgan fingerprint density at radius 3 is 2.71 bits per heavy atom. The van der Waals surface area contributed by atoms with E-state index in [1.807, 2.05) is 30.3 Å². The SMILES string of the molecule is C=CC(=O)C[C@H](COCc1ccccc1)OC. The number of hydrogen-bond donors (Lipinski definition) is 0. The van der Waals surface area contributed by atoms with Crippen molar-refractivity contribution in [2.45, 2.75) is 19.1 Å². The smallest absolute Gasteiger partial charge is 0.157 e. The standard InChI is InChI=1S/C14H18O3/c1-3-13(15)9-14(16-2)11-17-10-12-7-5-4-6-8-12/h3-8,14H,1,9-11H2,2H3/t14-/m1/s1. The minimum absolute atomic E-state index is 0.0276. The van der Waals surface area contributed by atoms with E-state index >= 15 is 0 Å². The maximum absolute atomic E-state index is 11.2. The Morgan fingerprint density at radius 1 is 1.41 bits per heavy atom. The van der Waals surface area contributed by atoms with Gasteiger partial charge < -0.3 is 9.47 Å². The van der Waals surface area contributed by atoms with Crippen LogP contribution in [0.25, 0.3) is 0 Å². The zero-order valence-electron chi connectivity index (χ0n) is 10.1. The molecule has 92 valence electrons. The maximum Gasteiger partial charge on any atom is 0.157 e. The third-order valence-electron chi connectivity index (χ3n) is 2.41. The molecule has 0 spiro atoms. The van der Waals surface area contributed by atoms with Crippen molar-refractivity contribution in [3.05, 3.63) is 48.6 Å². The topological polar surface area (TPSA) is 35.5 Å². The fourth-order valence-electron chi connectivity index (χ4n) is 1.40. The van der Waals surface area contributed by atoms with Crippen LogP contribution in [0.5, 0.6) is 0 Å². The fourth-order valence-corrected chi connectivity index (χ4v) is 1.40. The molecule has 3 nitrogen and oxygen atoms in total. The predicted molar refractivity (Wildman–Crippen MR) is 66.7 cm³/mol. The molecule has 0 bridgehead atoms. The van der Waals surface area contributed by atoms with Crippen molar-refractivity contribution >= 4 is 5.78 Å². The van der Waals surface area contributed by atoms with Crippen molar-refractivity contribution in [1.82, 2.24) is 0 Å². The molecule has 0 N–H and O–H groups in total. The Balaban J connectivity index is 2.28. The van der Waals surface area contributed by atoms with E-state index in [9.17, 15) is 4.79 Å². The van der Waals surface area contributed by atoms with Crippen LogP contribution in [-0.2, 0) is 20.9 Å². The van der Waals surface area contributed by atoms with E-state index in [1.54, 1.807) is 7.11 Å². The second kappa shape index (κ2) is 7.76. The van der Waals surface area contributed by atoms with Gasteiger partial charge in [-0.2, -0.15) is 0 Å². The zero-order chi connectivity index (χ0) is 12.5. The monoisotopic (exact) mass is 234 g/mol. The van der Waals surface area contributed by atoms with Gasteiger partial charge in [-0.1, -0.05) is 36.9 Å². The highest BCUT2D eigenvalue weighted by atomic mass is 16.5. The lowest BCUT2D eigenvalue weighted by atomic mass is 10.2. The van der Waals surface area contributed by atoms with Gasteiger partial charge in [-0.25, -0.2) is 0 Å². The van der Waals surface area contributed by atoms with Crippen molar-refractivity contribution in [2.24, 2.45) is 0 Å². The first-order chi connectivity index (χ1) is 8.26. The molecule has 1 rings (SSSR count). The third kappa shape index (κ3) is 5.43. The quantitative estimate of drug-likeness (QED) is 0.648. The summed E-state index contributed by atoms with van der Waals surface area (Å²) < 4.78 is 10.7. The Hall–Kier alpha value is -1.45. The largest absolute Gasteiger partial charge is 0.379 e. The summed E-state index contributed by atoms with van der Waals surface area (Å²) in [5.41, 5.74) is 1.11. The maximum atomic E-state index is 11.2. The summed E-state index contributed by atoms with van der Waals surface area (Å²) in [5.74, 6) is -0.0276. The van der Waals surface area contributed by atoms with Gasteiger partial charge in [-0.3, -0.25) is 4.79 Å². The summed E-state index contributed by atoms with van der Waals surface area (Å²) >= 11 is 0. The summed E-state index contributed by atoms with van der Waals surface area (Å²) in [6.07, 6.45) is 1.42. The Kier molecular flexibility index (Phi) is 6.22. The summed E-state index contributed by atoms with van der Waals surface area (Å²) in [5, 5.41) is 0. The van der Waals surface area contributed by atoms with Crippen LogP contribution in [0, 0.1) is 0 Å². The first-order valence-corrected chi connectivity index (χ1v) is 5.56. The van der Waals surface area contributed by atoms with Crippen LogP contribution in [0.4, 0.5) is 0 Å². The molecule has 0 amide bonds. The summed E-state index contributed by atoms with van der Waals surface area (Å²) in [6.45, 7) is 4.37. The van der Waals surface area contributed by atoms with Crippen LogP contribution in [0.1, 0.15) is 12.0 Å². The molecule has 0 unspecified atom stereocenters. The van der Waals surface area contributed by atoms with E-state index in [1.165, 1.54) is 6.08 Å². The molecule has 17 heavy (non-hydrogen) atoms. The van der Waals surface area contributed by atoms with Gasteiger partial charge >= 0.3 is 0 Å². The first kappa shape index (κ1) is 13.6. The number of ether oxygens (including phenoxy) is 2. The van der Waals surface area contributed by atoms with Gasteiger partial charge in [-0.05, 0) is 11.6 Å². The van der Waals surface area contributed by atoms with Crippen LogP contribution in [-0.4, -0.2) is 25.6 Å². The predicted octanol–water partition coefficient (Wildman–Crippen LogP) is 2.36. The van der Waals surface area contributed by atoms with Crippen LogP contribution >= 0.6 is 0 Å². The normalized spacial score (nSPS) is 12.1. The molecule has 1 aromatic rings. The molecular weight excluding hydrogens is 216 g/mol. The number of rotatable bonds is 8. The van der Waals surface area contributed by atoms with Crippen LogP contribution in [0.3, 0.4) is 0 Å². The molecule has 0 heterocycles. The lowest BCUT2D eigenvalue weighted by Crippen LogP contribution is -2.21. The molecule has 0 radical (unpaired) electrons. The molecule has 0 saturated heterocycles.